The average Bonchev–Trinajstić information content (AvgIpc) is 2.65. The van der Waals surface area contributed by atoms with Gasteiger partial charge in [-0.3, -0.25) is 9.59 Å². The predicted molar refractivity (Wildman–Crippen MR) is 101 cm³/mol. The van der Waals surface area contributed by atoms with E-state index in [1.165, 1.54) is 0 Å². The molecule has 0 aliphatic heterocycles. The van der Waals surface area contributed by atoms with Gasteiger partial charge in [0, 0.05) is 17.7 Å². The standard InChI is InChI=1S/C21H25NO3/c1-3-9-16(4-2)15-25-19-13-8-12-18(14-19)22-21(24)20(23)17-10-6-5-7-11-17/h3-4,8-9,12-14,17H,1-2,5-7,10-11,15H2,(H,22,24)/b16-9+. The summed E-state index contributed by atoms with van der Waals surface area (Å²) in [5.74, 6) is -0.372. The second-order valence-electron chi connectivity index (χ2n) is 6.15. The lowest BCUT2D eigenvalue weighted by atomic mass is 9.86. The molecule has 0 radical (unpaired) electrons. The second-order valence-corrected chi connectivity index (χ2v) is 6.15. The quantitative estimate of drug-likeness (QED) is 0.562. The van der Waals surface area contributed by atoms with Crippen LogP contribution in [0.4, 0.5) is 5.69 Å². The third-order valence-electron chi connectivity index (χ3n) is 4.29. The van der Waals surface area contributed by atoms with E-state index in [9.17, 15) is 9.59 Å². The van der Waals surface area contributed by atoms with Crippen molar-refractivity contribution < 1.29 is 14.3 Å². The van der Waals surface area contributed by atoms with Crippen molar-refractivity contribution in [1.82, 2.24) is 0 Å². The van der Waals surface area contributed by atoms with Crippen molar-refractivity contribution >= 4 is 17.4 Å². The van der Waals surface area contributed by atoms with Gasteiger partial charge in [-0.1, -0.05) is 56.7 Å². The van der Waals surface area contributed by atoms with Gasteiger partial charge in [0.25, 0.3) is 5.91 Å². The monoisotopic (exact) mass is 339 g/mol. The highest BCUT2D eigenvalue weighted by Crippen LogP contribution is 2.25. The zero-order valence-electron chi connectivity index (χ0n) is 14.5. The van der Waals surface area contributed by atoms with Crippen molar-refractivity contribution in [3.8, 4) is 5.75 Å². The lowest BCUT2D eigenvalue weighted by Crippen LogP contribution is -2.30. The third-order valence-corrected chi connectivity index (χ3v) is 4.29. The first-order valence-electron chi connectivity index (χ1n) is 8.66. The fourth-order valence-electron chi connectivity index (χ4n) is 2.90. The van der Waals surface area contributed by atoms with Crippen molar-refractivity contribution in [1.29, 1.82) is 0 Å². The number of allylic oxidation sites excluding steroid dienone is 2. The Labute approximate surface area is 149 Å². The Morgan fingerprint density at radius 1 is 1.20 bits per heavy atom. The van der Waals surface area contributed by atoms with E-state index in [1.54, 1.807) is 36.4 Å². The van der Waals surface area contributed by atoms with Gasteiger partial charge in [0.2, 0.25) is 5.78 Å². The SMILES string of the molecule is C=C/C=C(\C=C)COc1cccc(NC(=O)C(=O)C2CCCCC2)c1. The molecule has 4 nitrogen and oxygen atoms in total. The molecule has 1 saturated carbocycles. The minimum Gasteiger partial charge on any atom is -0.489 e. The van der Waals surface area contributed by atoms with E-state index in [-0.39, 0.29) is 11.7 Å². The number of benzene rings is 1. The summed E-state index contributed by atoms with van der Waals surface area (Å²) in [7, 11) is 0. The highest BCUT2D eigenvalue weighted by molar-refractivity contribution is 6.41. The molecule has 0 spiro atoms. The lowest BCUT2D eigenvalue weighted by Gasteiger charge is -2.19. The smallest absolute Gasteiger partial charge is 0.292 e. The first-order valence-corrected chi connectivity index (χ1v) is 8.66. The van der Waals surface area contributed by atoms with Crippen LogP contribution in [0.15, 0.2) is 61.2 Å². The van der Waals surface area contributed by atoms with Crippen molar-refractivity contribution in [2.24, 2.45) is 5.92 Å². The molecular formula is C21H25NO3. The first kappa shape index (κ1) is 18.7. The minimum atomic E-state index is -0.539. The van der Waals surface area contributed by atoms with E-state index in [2.05, 4.69) is 18.5 Å². The molecule has 0 unspecified atom stereocenters. The van der Waals surface area contributed by atoms with Crippen LogP contribution in [0.2, 0.25) is 0 Å². The number of hydrogen-bond acceptors (Lipinski definition) is 3. The van der Waals surface area contributed by atoms with E-state index in [4.69, 9.17) is 4.74 Å². The van der Waals surface area contributed by atoms with Crippen molar-refractivity contribution in [2.75, 3.05) is 11.9 Å². The van der Waals surface area contributed by atoms with Crippen LogP contribution in [-0.4, -0.2) is 18.3 Å². The van der Waals surface area contributed by atoms with Gasteiger partial charge in [-0.15, -0.1) is 0 Å². The molecule has 1 aliphatic rings. The summed E-state index contributed by atoms with van der Waals surface area (Å²) in [4.78, 5) is 24.4. The fraction of sp³-hybridized carbons (Fsp3) is 0.333. The highest BCUT2D eigenvalue weighted by Gasteiger charge is 2.26. The number of ketones is 1. The summed E-state index contributed by atoms with van der Waals surface area (Å²) in [5, 5.41) is 2.69. The van der Waals surface area contributed by atoms with Crippen LogP contribution < -0.4 is 10.1 Å². The lowest BCUT2D eigenvalue weighted by molar-refractivity contribution is -0.137. The number of carbonyl (C=O) groups is 2. The van der Waals surface area contributed by atoms with Gasteiger partial charge in [-0.05, 0) is 30.5 Å². The molecule has 0 aromatic heterocycles. The average molecular weight is 339 g/mol. The summed E-state index contributed by atoms with van der Waals surface area (Å²) >= 11 is 0. The zero-order chi connectivity index (χ0) is 18.1. The molecule has 1 amide bonds. The van der Waals surface area contributed by atoms with Crippen LogP contribution in [0.1, 0.15) is 32.1 Å². The van der Waals surface area contributed by atoms with Gasteiger partial charge in [-0.2, -0.15) is 0 Å². The van der Waals surface area contributed by atoms with Crippen LogP contribution >= 0.6 is 0 Å². The maximum Gasteiger partial charge on any atom is 0.292 e. The molecule has 132 valence electrons. The molecule has 1 N–H and O–H groups in total. The summed E-state index contributed by atoms with van der Waals surface area (Å²) in [5.41, 5.74) is 1.46. The molecule has 4 heteroatoms. The Bertz CT molecular complexity index is 669. The highest BCUT2D eigenvalue weighted by atomic mass is 16.5. The molecule has 1 aromatic carbocycles. The zero-order valence-corrected chi connectivity index (χ0v) is 14.5. The summed E-state index contributed by atoms with van der Waals surface area (Å²) in [6.45, 7) is 7.72. The number of hydrogen-bond donors (Lipinski definition) is 1. The molecule has 1 aromatic rings. The van der Waals surface area contributed by atoms with Crippen molar-refractivity contribution in [2.45, 2.75) is 32.1 Å². The molecular weight excluding hydrogens is 314 g/mol. The fourth-order valence-corrected chi connectivity index (χ4v) is 2.90. The first-order chi connectivity index (χ1) is 12.1. The Morgan fingerprint density at radius 2 is 1.96 bits per heavy atom. The molecule has 1 aliphatic carbocycles. The van der Waals surface area contributed by atoms with Gasteiger partial charge in [0.05, 0.1) is 0 Å². The van der Waals surface area contributed by atoms with Crippen LogP contribution in [0, 0.1) is 5.92 Å². The summed E-state index contributed by atoms with van der Waals surface area (Å²) in [6.07, 6.45) is 10.0. The summed E-state index contributed by atoms with van der Waals surface area (Å²) in [6, 6.07) is 7.03. The minimum absolute atomic E-state index is 0.132. The van der Waals surface area contributed by atoms with Crippen molar-refractivity contribution in [3.63, 3.8) is 0 Å². The largest absolute Gasteiger partial charge is 0.489 e. The Hall–Kier alpha value is -2.62. The van der Waals surface area contributed by atoms with Crippen LogP contribution in [-0.2, 0) is 9.59 Å². The number of anilines is 1. The Morgan fingerprint density at radius 3 is 2.64 bits per heavy atom. The van der Waals surface area contributed by atoms with Crippen LogP contribution in [0.25, 0.3) is 0 Å². The van der Waals surface area contributed by atoms with Crippen LogP contribution in [0.3, 0.4) is 0 Å². The van der Waals surface area contributed by atoms with Gasteiger partial charge in [0.1, 0.15) is 12.4 Å². The predicted octanol–water partition coefficient (Wildman–Crippen LogP) is 4.45. The normalized spacial score (nSPS) is 15.3. The number of carbonyl (C=O) groups excluding carboxylic acids is 2. The Balaban J connectivity index is 1.95. The molecule has 2 rings (SSSR count). The van der Waals surface area contributed by atoms with E-state index in [1.807, 2.05) is 6.08 Å². The summed E-state index contributed by atoms with van der Waals surface area (Å²) < 4.78 is 5.69. The van der Waals surface area contributed by atoms with E-state index in [0.29, 0.717) is 18.0 Å². The van der Waals surface area contributed by atoms with E-state index < -0.39 is 5.91 Å². The topological polar surface area (TPSA) is 55.4 Å². The molecule has 1 fully saturated rings. The number of nitrogens with one attached hydrogen (secondary N) is 1. The molecule has 25 heavy (non-hydrogen) atoms. The van der Waals surface area contributed by atoms with Gasteiger partial charge >= 0.3 is 0 Å². The number of Topliss-reactive ketones (excluding diaryl/α,β-unsaturated/α-hetero) is 1. The molecule has 0 saturated heterocycles. The maximum atomic E-state index is 12.2. The van der Waals surface area contributed by atoms with Gasteiger partial charge < -0.3 is 10.1 Å². The molecule has 0 bridgehead atoms. The second kappa shape index (κ2) is 9.62. The number of amides is 1. The van der Waals surface area contributed by atoms with Crippen molar-refractivity contribution in [3.05, 3.63) is 61.2 Å². The molecule has 0 atom stereocenters. The maximum absolute atomic E-state index is 12.2. The third kappa shape index (κ3) is 5.75. The molecule has 0 heterocycles. The van der Waals surface area contributed by atoms with E-state index >= 15 is 0 Å². The van der Waals surface area contributed by atoms with E-state index in [0.717, 1.165) is 37.7 Å². The Kier molecular flexibility index (Phi) is 7.20. The number of rotatable bonds is 8. The van der Waals surface area contributed by atoms with Gasteiger partial charge in [-0.25, -0.2) is 0 Å². The van der Waals surface area contributed by atoms with Crippen LogP contribution in [0.5, 0.6) is 5.75 Å². The van der Waals surface area contributed by atoms with Gasteiger partial charge in [0.15, 0.2) is 0 Å². The number of ether oxygens (including phenoxy) is 1.